The molecule has 2 aliphatic heterocycles. The molecular formula is C28H32BN3O5. The number of piperidine rings is 1. The Morgan fingerprint density at radius 2 is 1.70 bits per heavy atom. The van der Waals surface area contributed by atoms with Crippen LogP contribution in [-0.4, -0.2) is 64.4 Å². The van der Waals surface area contributed by atoms with Crippen molar-refractivity contribution in [3.05, 3.63) is 66.4 Å². The molecule has 9 heteroatoms. The van der Waals surface area contributed by atoms with Gasteiger partial charge in [0.15, 0.2) is 0 Å². The Hall–Kier alpha value is -3.43. The largest absolute Gasteiger partial charge is 0.494 e. The number of aromatic nitrogens is 1. The predicted molar refractivity (Wildman–Crippen MR) is 143 cm³/mol. The average Bonchev–Trinajstić information content (AvgIpc) is 3.11. The molecule has 2 aliphatic rings. The number of nitrogens with zero attached hydrogens (tertiary/aromatic N) is 3. The third kappa shape index (κ3) is 4.69. The maximum absolute atomic E-state index is 14.1. The monoisotopic (exact) mass is 501 g/mol. The van der Waals surface area contributed by atoms with Crippen molar-refractivity contribution in [2.75, 3.05) is 18.0 Å². The van der Waals surface area contributed by atoms with E-state index in [1.165, 1.54) is 4.90 Å². The van der Waals surface area contributed by atoms with Crippen LogP contribution in [-0.2, 0) is 9.31 Å². The minimum Gasteiger partial charge on any atom is -0.465 e. The summed E-state index contributed by atoms with van der Waals surface area (Å²) in [5.41, 5.74) is 0.405. The fraction of sp³-hybridized carbons (Fsp3) is 0.393. The van der Waals surface area contributed by atoms with Gasteiger partial charge in [0.1, 0.15) is 5.82 Å². The number of likely N-dealkylation sites (tertiary alicyclic amines) is 1. The van der Waals surface area contributed by atoms with Crippen LogP contribution in [0.15, 0.2) is 60.8 Å². The highest BCUT2D eigenvalue weighted by Crippen LogP contribution is 2.36. The van der Waals surface area contributed by atoms with Crippen LogP contribution in [0.1, 0.15) is 50.9 Å². The van der Waals surface area contributed by atoms with Crippen LogP contribution in [0, 0.1) is 0 Å². The lowest BCUT2D eigenvalue weighted by molar-refractivity contribution is 0.00578. The lowest BCUT2D eigenvalue weighted by Crippen LogP contribution is -2.52. The Balaban J connectivity index is 1.49. The zero-order valence-electron chi connectivity index (χ0n) is 21.7. The van der Waals surface area contributed by atoms with E-state index in [4.69, 9.17) is 9.31 Å². The van der Waals surface area contributed by atoms with Gasteiger partial charge in [-0.25, -0.2) is 9.78 Å². The van der Waals surface area contributed by atoms with E-state index in [0.29, 0.717) is 30.8 Å². The summed E-state index contributed by atoms with van der Waals surface area (Å²) in [7, 11) is -0.521. The number of rotatable bonds is 4. The fourth-order valence-electron chi connectivity index (χ4n) is 4.97. The third-order valence-corrected chi connectivity index (χ3v) is 7.81. The first-order chi connectivity index (χ1) is 17.6. The maximum Gasteiger partial charge on any atom is 0.494 e. The van der Waals surface area contributed by atoms with Gasteiger partial charge in [-0.15, -0.1) is 0 Å². The second-order valence-corrected chi connectivity index (χ2v) is 10.8. The highest BCUT2D eigenvalue weighted by Gasteiger charge is 2.51. The van der Waals surface area contributed by atoms with E-state index in [1.807, 2.05) is 70.2 Å². The smallest absolute Gasteiger partial charge is 0.465 e. The van der Waals surface area contributed by atoms with Crippen LogP contribution in [0.2, 0.25) is 0 Å². The molecule has 1 atom stereocenters. The normalized spacial score (nSPS) is 20.7. The van der Waals surface area contributed by atoms with Crippen LogP contribution in [0.25, 0.3) is 10.8 Å². The van der Waals surface area contributed by atoms with Crippen molar-refractivity contribution in [1.82, 2.24) is 9.88 Å². The van der Waals surface area contributed by atoms with Gasteiger partial charge in [-0.1, -0.05) is 36.4 Å². The summed E-state index contributed by atoms with van der Waals surface area (Å²) in [4.78, 5) is 33.5. The van der Waals surface area contributed by atoms with Gasteiger partial charge in [0.2, 0.25) is 0 Å². The fourth-order valence-corrected chi connectivity index (χ4v) is 4.97. The van der Waals surface area contributed by atoms with Gasteiger partial charge >= 0.3 is 13.2 Å². The summed E-state index contributed by atoms with van der Waals surface area (Å²) >= 11 is 0. The van der Waals surface area contributed by atoms with Gasteiger partial charge in [-0.3, -0.25) is 9.69 Å². The number of hydrogen-bond acceptors (Lipinski definition) is 5. The van der Waals surface area contributed by atoms with Crippen molar-refractivity contribution in [3.63, 3.8) is 0 Å². The molecule has 3 aromatic rings. The molecule has 2 amide bonds. The third-order valence-electron chi connectivity index (χ3n) is 7.81. The quantitative estimate of drug-likeness (QED) is 0.536. The molecule has 5 rings (SSSR count). The molecule has 192 valence electrons. The number of hydrogen-bond donors (Lipinski definition) is 1. The summed E-state index contributed by atoms with van der Waals surface area (Å²) in [6.45, 7) is 8.71. The number of amides is 2. The first-order valence-electron chi connectivity index (χ1n) is 12.7. The molecule has 1 aromatic heterocycles. The van der Waals surface area contributed by atoms with Gasteiger partial charge in [-0.05, 0) is 69.6 Å². The van der Waals surface area contributed by atoms with Crippen LogP contribution in [0.3, 0.4) is 0 Å². The van der Waals surface area contributed by atoms with Crippen LogP contribution in [0.4, 0.5) is 10.6 Å². The van der Waals surface area contributed by atoms with E-state index in [1.54, 1.807) is 23.2 Å². The van der Waals surface area contributed by atoms with Crippen molar-refractivity contribution in [2.24, 2.45) is 0 Å². The average molecular weight is 501 g/mol. The van der Waals surface area contributed by atoms with Crippen molar-refractivity contribution < 1.29 is 24.0 Å². The van der Waals surface area contributed by atoms with E-state index in [0.717, 1.165) is 16.2 Å². The van der Waals surface area contributed by atoms with Gasteiger partial charge < -0.3 is 19.3 Å². The summed E-state index contributed by atoms with van der Waals surface area (Å²) in [6, 6.07) is 16.6. The zero-order valence-corrected chi connectivity index (χ0v) is 21.7. The minimum absolute atomic E-state index is 0.221. The topological polar surface area (TPSA) is 92.2 Å². The van der Waals surface area contributed by atoms with Crippen molar-refractivity contribution in [3.8, 4) is 0 Å². The number of benzene rings is 2. The van der Waals surface area contributed by atoms with Crippen molar-refractivity contribution >= 4 is 41.2 Å². The molecule has 0 radical (unpaired) electrons. The van der Waals surface area contributed by atoms with E-state index in [2.05, 4.69) is 4.98 Å². The Bertz CT molecular complexity index is 1310. The number of anilines is 1. The molecule has 2 aromatic carbocycles. The summed E-state index contributed by atoms with van der Waals surface area (Å²) in [6.07, 6.45) is 2.07. The molecule has 0 saturated carbocycles. The molecule has 8 nitrogen and oxygen atoms in total. The number of pyridine rings is 1. The van der Waals surface area contributed by atoms with Gasteiger partial charge in [0.05, 0.1) is 17.2 Å². The Kier molecular flexibility index (Phi) is 6.46. The molecule has 3 heterocycles. The highest BCUT2D eigenvalue weighted by molar-refractivity contribution is 6.62. The van der Waals surface area contributed by atoms with E-state index in [-0.39, 0.29) is 18.5 Å². The molecule has 0 bridgehead atoms. The summed E-state index contributed by atoms with van der Waals surface area (Å²) in [5, 5.41) is 11.4. The van der Waals surface area contributed by atoms with E-state index >= 15 is 0 Å². The number of fused-ring (bicyclic) bond motifs is 1. The van der Waals surface area contributed by atoms with Crippen molar-refractivity contribution in [1.29, 1.82) is 0 Å². The Morgan fingerprint density at radius 1 is 1.03 bits per heavy atom. The Labute approximate surface area is 217 Å². The molecule has 0 aliphatic carbocycles. The van der Waals surface area contributed by atoms with Crippen molar-refractivity contribution in [2.45, 2.75) is 57.8 Å². The number of carboxylic acid groups (broad SMARTS) is 1. The number of carbonyl (C=O) groups excluding carboxylic acids is 1. The van der Waals surface area contributed by atoms with Gasteiger partial charge in [-0.2, -0.15) is 0 Å². The van der Waals surface area contributed by atoms with Gasteiger partial charge in [0.25, 0.3) is 5.91 Å². The van der Waals surface area contributed by atoms with Crippen LogP contribution in [0.5, 0.6) is 0 Å². The van der Waals surface area contributed by atoms with Crippen LogP contribution >= 0.6 is 0 Å². The predicted octanol–water partition coefficient (Wildman–Crippen LogP) is 4.32. The summed E-state index contributed by atoms with van der Waals surface area (Å²) in [5.74, 6) is 0.317. The number of carbonyl (C=O) groups is 2. The highest BCUT2D eigenvalue weighted by atomic mass is 16.7. The molecule has 1 N–H and O–H groups in total. The van der Waals surface area contributed by atoms with Crippen LogP contribution < -0.4 is 10.4 Å². The zero-order chi connectivity index (χ0) is 26.4. The molecule has 2 saturated heterocycles. The second-order valence-electron chi connectivity index (χ2n) is 10.8. The minimum atomic E-state index is -0.977. The lowest BCUT2D eigenvalue weighted by atomic mass is 9.79. The Morgan fingerprint density at radius 3 is 2.38 bits per heavy atom. The molecule has 0 spiro atoms. The van der Waals surface area contributed by atoms with E-state index in [9.17, 15) is 14.7 Å². The molecule has 37 heavy (non-hydrogen) atoms. The first kappa shape index (κ1) is 25.2. The molecule has 2 fully saturated rings. The van der Waals surface area contributed by atoms with E-state index < -0.39 is 24.4 Å². The first-order valence-corrected chi connectivity index (χ1v) is 12.7. The standard InChI is InChI=1S/C28H32BN3O5/c1-27(2)28(3,4)37-29(36-27)21-13-11-20(12-14-21)25(33)32(22-9-7-17-31(18-22)26(34)35)24-23-10-6-5-8-19(23)15-16-30-24/h5-6,8,10-16,22H,7,9,17-18H2,1-4H3,(H,34,35)/t22-/m1/s1. The molecular weight excluding hydrogens is 469 g/mol. The summed E-state index contributed by atoms with van der Waals surface area (Å²) < 4.78 is 12.3. The second kappa shape index (κ2) is 9.47. The van der Waals surface area contributed by atoms with Gasteiger partial charge in [0, 0.05) is 30.2 Å². The lowest BCUT2D eigenvalue weighted by Gasteiger charge is -2.38. The SMILES string of the molecule is CC1(C)OB(c2ccc(C(=O)N(c3nccc4ccccc34)[C@@H]3CCCN(C(=O)O)C3)cc2)OC1(C)C. The maximum atomic E-state index is 14.1. The molecule has 0 unspecified atom stereocenters.